The number of methoxy groups -OCH3 is 1. The number of hydrogen-bond acceptors (Lipinski definition) is 6. The van der Waals surface area contributed by atoms with Crippen molar-refractivity contribution in [2.24, 2.45) is 0 Å². The highest BCUT2D eigenvalue weighted by molar-refractivity contribution is 7.89. The average molecular weight is 369 g/mol. The lowest BCUT2D eigenvalue weighted by Gasteiger charge is -2.31. The predicted octanol–water partition coefficient (Wildman–Crippen LogP) is 1.83. The van der Waals surface area contributed by atoms with Crippen LogP contribution in [0.25, 0.3) is 0 Å². The molecule has 2 aliphatic rings. The Hall–Kier alpha value is -1.48. The second-order valence-corrected chi connectivity index (χ2v) is 8.16. The maximum Gasteiger partial charge on any atom is 0.337 e. The highest BCUT2D eigenvalue weighted by Gasteiger charge is 2.42. The van der Waals surface area contributed by atoms with Crippen molar-refractivity contribution < 1.29 is 27.4 Å². The lowest BCUT2D eigenvalue weighted by Crippen LogP contribution is -2.37. The molecule has 1 aliphatic heterocycles. The molecule has 138 valence electrons. The summed E-state index contributed by atoms with van der Waals surface area (Å²) >= 11 is 0. The van der Waals surface area contributed by atoms with Crippen molar-refractivity contribution in [3.05, 3.63) is 29.8 Å². The number of esters is 1. The summed E-state index contributed by atoms with van der Waals surface area (Å²) in [5.41, 5.74) is 0.299. The first kappa shape index (κ1) is 18.3. The Morgan fingerprint density at radius 2 is 1.92 bits per heavy atom. The van der Waals surface area contributed by atoms with Gasteiger partial charge in [-0.15, -0.1) is 0 Å². The Bertz CT molecular complexity index is 709. The molecule has 0 amide bonds. The first-order valence-electron chi connectivity index (χ1n) is 8.44. The summed E-state index contributed by atoms with van der Waals surface area (Å²) in [5.74, 6) is -1.03. The molecular weight excluding hydrogens is 346 g/mol. The zero-order valence-electron chi connectivity index (χ0n) is 14.2. The normalized spacial score (nSPS) is 22.8. The van der Waals surface area contributed by atoms with Crippen LogP contribution in [0.4, 0.5) is 0 Å². The minimum atomic E-state index is -3.68. The zero-order chi connectivity index (χ0) is 17.9. The van der Waals surface area contributed by atoms with E-state index in [1.807, 2.05) is 0 Å². The molecule has 1 aromatic carbocycles. The van der Waals surface area contributed by atoms with Gasteiger partial charge in [0.15, 0.2) is 5.79 Å². The molecule has 1 N–H and O–H groups in total. The van der Waals surface area contributed by atoms with Crippen LogP contribution in [0.15, 0.2) is 29.2 Å². The largest absolute Gasteiger partial charge is 0.465 e. The molecule has 0 radical (unpaired) electrons. The van der Waals surface area contributed by atoms with Crippen molar-refractivity contribution in [2.45, 2.75) is 48.9 Å². The van der Waals surface area contributed by atoms with Crippen LogP contribution in [0.2, 0.25) is 0 Å². The second-order valence-electron chi connectivity index (χ2n) is 6.39. The van der Waals surface area contributed by atoms with Gasteiger partial charge < -0.3 is 14.2 Å². The van der Waals surface area contributed by atoms with E-state index < -0.39 is 21.8 Å². The van der Waals surface area contributed by atoms with Crippen LogP contribution in [0.5, 0.6) is 0 Å². The van der Waals surface area contributed by atoms with Crippen molar-refractivity contribution in [3.8, 4) is 0 Å². The predicted molar refractivity (Wildman–Crippen MR) is 89.6 cm³/mol. The number of benzene rings is 1. The fraction of sp³-hybridized carbons (Fsp3) is 0.588. The summed E-state index contributed by atoms with van der Waals surface area (Å²) in [6, 6.07) is 5.60. The Balaban J connectivity index is 1.58. The van der Waals surface area contributed by atoms with Crippen molar-refractivity contribution in [1.29, 1.82) is 0 Å². The van der Waals surface area contributed by atoms with Crippen LogP contribution in [0.1, 0.15) is 42.5 Å². The summed E-state index contributed by atoms with van der Waals surface area (Å²) in [6.07, 6.45) is 4.78. The van der Waals surface area contributed by atoms with Gasteiger partial charge in [-0.05, 0) is 37.1 Å². The molecule has 1 atom stereocenters. The lowest BCUT2D eigenvalue weighted by molar-refractivity contribution is -0.186. The molecule has 8 heteroatoms. The zero-order valence-corrected chi connectivity index (χ0v) is 15.0. The van der Waals surface area contributed by atoms with Crippen LogP contribution >= 0.6 is 0 Å². The topological polar surface area (TPSA) is 90.9 Å². The average Bonchev–Trinajstić information content (AvgIpc) is 3.02. The maximum absolute atomic E-state index is 12.4. The van der Waals surface area contributed by atoms with E-state index in [1.165, 1.54) is 37.8 Å². The molecule has 1 heterocycles. The number of rotatable bonds is 5. The van der Waals surface area contributed by atoms with Gasteiger partial charge in [0.2, 0.25) is 10.0 Å². The van der Waals surface area contributed by atoms with E-state index in [9.17, 15) is 13.2 Å². The standard InChI is InChI=1S/C17H23NO6S/c1-22-16(19)13-5-7-15(8-6-13)25(20,21)18-11-14-12-23-17(24-14)9-3-2-4-10-17/h5-8,14,18H,2-4,9-12H2,1H3/t14-/m1/s1. The molecule has 1 spiro atoms. The summed E-state index contributed by atoms with van der Waals surface area (Å²) in [7, 11) is -2.40. The van der Waals surface area contributed by atoms with Gasteiger partial charge in [0, 0.05) is 19.4 Å². The molecule has 7 nitrogen and oxygen atoms in total. The van der Waals surface area contributed by atoms with Gasteiger partial charge >= 0.3 is 5.97 Å². The third-order valence-electron chi connectivity index (χ3n) is 4.62. The fourth-order valence-electron chi connectivity index (χ4n) is 3.24. The van der Waals surface area contributed by atoms with E-state index in [2.05, 4.69) is 9.46 Å². The number of carbonyl (C=O) groups excluding carboxylic acids is 1. The number of sulfonamides is 1. The monoisotopic (exact) mass is 369 g/mol. The Kier molecular flexibility index (Phi) is 5.43. The number of nitrogens with one attached hydrogen (secondary N) is 1. The van der Waals surface area contributed by atoms with Crippen molar-refractivity contribution >= 4 is 16.0 Å². The number of ether oxygens (including phenoxy) is 3. The quantitative estimate of drug-likeness (QED) is 0.796. The van der Waals surface area contributed by atoms with Crippen LogP contribution < -0.4 is 4.72 Å². The maximum atomic E-state index is 12.4. The molecule has 0 bridgehead atoms. The summed E-state index contributed by atoms with van der Waals surface area (Å²) < 4.78 is 43.7. The highest BCUT2D eigenvalue weighted by Crippen LogP contribution is 2.37. The molecule has 25 heavy (non-hydrogen) atoms. The molecule has 1 saturated heterocycles. The van der Waals surface area contributed by atoms with E-state index >= 15 is 0 Å². The fourth-order valence-corrected chi connectivity index (χ4v) is 4.31. The van der Waals surface area contributed by atoms with E-state index in [-0.39, 0.29) is 17.5 Å². The smallest absolute Gasteiger partial charge is 0.337 e. The molecule has 1 saturated carbocycles. The Labute approximate surface area is 147 Å². The molecule has 0 aromatic heterocycles. The minimum absolute atomic E-state index is 0.0893. The van der Waals surface area contributed by atoms with E-state index in [0.29, 0.717) is 12.2 Å². The Morgan fingerprint density at radius 1 is 1.24 bits per heavy atom. The van der Waals surface area contributed by atoms with Gasteiger partial charge in [-0.1, -0.05) is 6.42 Å². The first-order valence-corrected chi connectivity index (χ1v) is 9.92. The summed E-state index contributed by atoms with van der Waals surface area (Å²) in [5, 5.41) is 0. The molecule has 3 rings (SSSR count). The van der Waals surface area contributed by atoms with Gasteiger partial charge in [-0.3, -0.25) is 0 Å². The summed E-state index contributed by atoms with van der Waals surface area (Å²) in [4.78, 5) is 11.5. The van der Waals surface area contributed by atoms with E-state index in [0.717, 1.165) is 25.7 Å². The number of carbonyl (C=O) groups is 1. The summed E-state index contributed by atoms with van der Waals surface area (Å²) in [6.45, 7) is 0.548. The molecule has 2 fully saturated rings. The van der Waals surface area contributed by atoms with Crippen LogP contribution in [0.3, 0.4) is 0 Å². The minimum Gasteiger partial charge on any atom is -0.465 e. The van der Waals surface area contributed by atoms with Gasteiger partial charge in [-0.2, -0.15) is 0 Å². The van der Waals surface area contributed by atoms with Gasteiger partial charge in [-0.25, -0.2) is 17.9 Å². The Morgan fingerprint density at radius 3 is 2.56 bits per heavy atom. The number of hydrogen-bond donors (Lipinski definition) is 1. The third-order valence-corrected chi connectivity index (χ3v) is 6.06. The van der Waals surface area contributed by atoms with Crippen LogP contribution in [-0.4, -0.2) is 46.5 Å². The lowest BCUT2D eigenvalue weighted by atomic mass is 9.94. The molecule has 1 aromatic rings. The van der Waals surface area contributed by atoms with Crippen LogP contribution in [-0.2, 0) is 24.2 Å². The van der Waals surface area contributed by atoms with E-state index in [1.54, 1.807) is 0 Å². The second kappa shape index (κ2) is 7.41. The van der Waals surface area contributed by atoms with E-state index in [4.69, 9.17) is 9.47 Å². The molecule has 0 unspecified atom stereocenters. The SMILES string of the molecule is COC(=O)c1ccc(S(=O)(=O)NC[C@@H]2COC3(CCCCC3)O2)cc1. The molecule has 1 aliphatic carbocycles. The molecular formula is C17H23NO6S. The van der Waals surface area contributed by atoms with Crippen LogP contribution in [0, 0.1) is 0 Å². The van der Waals surface area contributed by atoms with Gasteiger partial charge in [0.05, 0.1) is 30.3 Å². The van der Waals surface area contributed by atoms with Gasteiger partial charge in [0.25, 0.3) is 0 Å². The first-order chi connectivity index (χ1) is 11.9. The van der Waals surface area contributed by atoms with Crippen molar-refractivity contribution in [2.75, 3.05) is 20.3 Å². The highest BCUT2D eigenvalue weighted by atomic mass is 32.2. The van der Waals surface area contributed by atoms with Crippen molar-refractivity contribution in [3.63, 3.8) is 0 Å². The third kappa shape index (κ3) is 4.20. The van der Waals surface area contributed by atoms with Gasteiger partial charge in [0.1, 0.15) is 0 Å². The van der Waals surface area contributed by atoms with Crippen molar-refractivity contribution in [1.82, 2.24) is 4.72 Å².